The van der Waals surface area contributed by atoms with Gasteiger partial charge in [-0.15, -0.1) is 0 Å². The van der Waals surface area contributed by atoms with Crippen molar-refractivity contribution in [2.24, 2.45) is 0 Å². The molecule has 0 heterocycles. The SMILES string of the molecule is CC/C=C\C/C=C\C/C=C\C/C=C\CCCCC(=O)OC(CC)CC(=O)O. The highest BCUT2D eigenvalue weighted by molar-refractivity contribution is 5.71. The highest BCUT2D eigenvalue weighted by atomic mass is 16.5. The number of carbonyl (C=O) groups is 2. The number of esters is 1. The van der Waals surface area contributed by atoms with E-state index in [0.717, 1.165) is 44.9 Å². The first-order valence-corrected chi connectivity index (χ1v) is 10.1. The van der Waals surface area contributed by atoms with Gasteiger partial charge in [0.1, 0.15) is 6.10 Å². The number of carboxylic acids is 1. The second-order valence-corrected chi connectivity index (χ2v) is 6.36. The van der Waals surface area contributed by atoms with E-state index in [-0.39, 0.29) is 12.4 Å². The van der Waals surface area contributed by atoms with Crippen LogP contribution in [0.4, 0.5) is 0 Å². The van der Waals surface area contributed by atoms with Gasteiger partial charge in [0.25, 0.3) is 0 Å². The fourth-order valence-electron chi connectivity index (χ4n) is 2.34. The molecule has 0 radical (unpaired) electrons. The molecule has 0 saturated heterocycles. The smallest absolute Gasteiger partial charge is 0.307 e. The summed E-state index contributed by atoms with van der Waals surface area (Å²) in [5.74, 6) is -1.23. The first-order valence-electron chi connectivity index (χ1n) is 10.1. The van der Waals surface area contributed by atoms with E-state index in [1.807, 2.05) is 6.92 Å². The van der Waals surface area contributed by atoms with E-state index >= 15 is 0 Å². The highest BCUT2D eigenvalue weighted by Gasteiger charge is 2.15. The Labute approximate surface area is 164 Å². The molecule has 0 aliphatic carbocycles. The molecule has 4 heteroatoms. The van der Waals surface area contributed by atoms with Gasteiger partial charge in [-0.2, -0.15) is 0 Å². The van der Waals surface area contributed by atoms with E-state index in [4.69, 9.17) is 9.84 Å². The zero-order valence-electron chi connectivity index (χ0n) is 16.9. The van der Waals surface area contributed by atoms with Crippen LogP contribution in [0.25, 0.3) is 0 Å². The lowest BCUT2D eigenvalue weighted by Crippen LogP contribution is -2.20. The van der Waals surface area contributed by atoms with Crippen LogP contribution in [0.2, 0.25) is 0 Å². The monoisotopic (exact) mass is 376 g/mol. The number of hydrogen-bond donors (Lipinski definition) is 1. The molecule has 0 spiro atoms. The van der Waals surface area contributed by atoms with E-state index < -0.39 is 12.1 Å². The Kier molecular flexibility index (Phi) is 17.2. The Hall–Kier alpha value is -2.10. The normalized spacial score (nSPS) is 13.3. The number of unbranched alkanes of at least 4 members (excludes halogenated alkanes) is 2. The Morgan fingerprint density at radius 3 is 1.93 bits per heavy atom. The molecule has 0 fully saturated rings. The van der Waals surface area contributed by atoms with E-state index in [0.29, 0.717) is 12.8 Å². The first-order chi connectivity index (χ1) is 13.1. The maximum absolute atomic E-state index is 11.7. The van der Waals surface area contributed by atoms with Gasteiger partial charge in [-0.1, -0.05) is 62.5 Å². The highest BCUT2D eigenvalue weighted by Crippen LogP contribution is 2.08. The molecule has 0 aromatic rings. The van der Waals surface area contributed by atoms with Gasteiger partial charge in [0, 0.05) is 6.42 Å². The van der Waals surface area contributed by atoms with E-state index in [1.54, 1.807) is 0 Å². The van der Waals surface area contributed by atoms with Gasteiger partial charge in [-0.3, -0.25) is 9.59 Å². The van der Waals surface area contributed by atoms with Gasteiger partial charge >= 0.3 is 11.9 Å². The molecule has 0 amide bonds. The second kappa shape index (κ2) is 18.7. The van der Waals surface area contributed by atoms with Crippen LogP contribution in [0, 0.1) is 0 Å². The van der Waals surface area contributed by atoms with Crippen LogP contribution in [0.15, 0.2) is 48.6 Å². The minimum Gasteiger partial charge on any atom is -0.481 e. The number of hydrogen-bond acceptors (Lipinski definition) is 3. The zero-order chi connectivity index (χ0) is 20.2. The van der Waals surface area contributed by atoms with Crippen LogP contribution in [-0.2, 0) is 14.3 Å². The molecule has 0 aromatic carbocycles. The average Bonchev–Trinajstić information content (AvgIpc) is 2.64. The number of carboxylic acid groups (broad SMARTS) is 1. The Morgan fingerprint density at radius 2 is 1.41 bits per heavy atom. The van der Waals surface area contributed by atoms with Crippen LogP contribution in [0.5, 0.6) is 0 Å². The molecule has 1 atom stereocenters. The summed E-state index contributed by atoms with van der Waals surface area (Å²) < 4.78 is 5.17. The summed E-state index contributed by atoms with van der Waals surface area (Å²) in [6.07, 6.45) is 24.2. The molecule has 4 nitrogen and oxygen atoms in total. The van der Waals surface area contributed by atoms with Crippen molar-refractivity contribution in [3.63, 3.8) is 0 Å². The molecule has 0 bridgehead atoms. The van der Waals surface area contributed by atoms with E-state index in [1.165, 1.54) is 0 Å². The van der Waals surface area contributed by atoms with Crippen molar-refractivity contribution in [1.82, 2.24) is 0 Å². The van der Waals surface area contributed by atoms with Gasteiger partial charge in [0.15, 0.2) is 0 Å². The molecule has 0 aliphatic rings. The molecule has 0 saturated carbocycles. The Balaban J connectivity index is 3.63. The van der Waals surface area contributed by atoms with Gasteiger partial charge < -0.3 is 9.84 Å². The van der Waals surface area contributed by atoms with Crippen molar-refractivity contribution < 1.29 is 19.4 Å². The van der Waals surface area contributed by atoms with Crippen molar-refractivity contribution >= 4 is 11.9 Å². The zero-order valence-corrected chi connectivity index (χ0v) is 16.9. The first kappa shape index (κ1) is 24.9. The van der Waals surface area contributed by atoms with Crippen LogP contribution in [0.1, 0.15) is 78.1 Å². The third kappa shape index (κ3) is 18.5. The summed E-state index contributed by atoms with van der Waals surface area (Å²) in [5.41, 5.74) is 0. The molecular formula is C23H36O4. The van der Waals surface area contributed by atoms with Crippen LogP contribution in [-0.4, -0.2) is 23.1 Å². The number of rotatable bonds is 16. The molecule has 1 N–H and O–H groups in total. The number of aliphatic carboxylic acids is 1. The Bertz CT molecular complexity index is 501. The van der Waals surface area contributed by atoms with Gasteiger partial charge in [0.05, 0.1) is 6.42 Å². The van der Waals surface area contributed by atoms with Crippen molar-refractivity contribution in [1.29, 1.82) is 0 Å². The Morgan fingerprint density at radius 1 is 0.852 bits per heavy atom. The summed E-state index contributed by atoms with van der Waals surface area (Å²) in [4.78, 5) is 22.3. The lowest BCUT2D eigenvalue weighted by Gasteiger charge is -2.13. The minimum atomic E-state index is -0.936. The van der Waals surface area contributed by atoms with Crippen LogP contribution < -0.4 is 0 Å². The van der Waals surface area contributed by atoms with Crippen molar-refractivity contribution in [3.8, 4) is 0 Å². The fraction of sp³-hybridized carbons (Fsp3) is 0.565. The largest absolute Gasteiger partial charge is 0.481 e. The maximum Gasteiger partial charge on any atom is 0.307 e. The predicted octanol–water partition coefficient (Wildman–Crippen LogP) is 6.15. The van der Waals surface area contributed by atoms with Gasteiger partial charge in [-0.05, 0) is 51.4 Å². The summed E-state index contributed by atoms with van der Waals surface area (Å²) >= 11 is 0. The number of carbonyl (C=O) groups excluding carboxylic acids is 1. The average molecular weight is 377 g/mol. The van der Waals surface area contributed by atoms with Crippen molar-refractivity contribution in [2.75, 3.05) is 0 Å². The van der Waals surface area contributed by atoms with Crippen LogP contribution in [0.3, 0.4) is 0 Å². The lowest BCUT2D eigenvalue weighted by molar-refractivity contribution is -0.153. The number of allylic oxidation sites excluding steroid dienone is 8. The van der Waals surface area contributed by atoms with Crippen LogP contribution >= 0.6 is 0 Å². The minimum absolute atomic E-state index is 0.121. The fourth-order valence-corrected chi connectivity index (χ4v) is 2.34. The number of ether oxygens (including phenoxy) is 1. The third-order valence-corrected chi connectivity index (χ3v) is 3.88. The summed E-state index contributed by atoms with van der Waals surface area (Å²) in [7, 11) is 0. The maximum atomic E-state index is 11.7. The second-order valence-electron chi connectivity index (χ2n) is 6.36. The molecular weight excluding hydrogens is 340 g/mol. The van der Waals surface area contributed by atoms with Crippen molar-refractivity contribution in [3.05, 3.63) is 48.6 Å². The third-order valence-electron chi connectivity index (χ3n) is 3.88. The van der Waals surface area contributed by atoms with Gasteiger partial charge in [-0.25, -0.2) is 0 Å². The summed E-state index contributed by atoms with van der Waals surface area (Å²) in [5, 5.41) is 8.74. The quantitative estimate of drug-likeness (QED) is 0.199. The molecule has 0 aromatic heterocycles. The molecule has 1 unspecified atom stereocenters. The standard InChI is InChI=1S/C23H36O4/c1-3-5-6-7-8-9-10-11-12-13-14-15-16-17-18-19-23(26)27-21(4-2)20-22(24)25/h5-6,8-9,11-12,14-15,21H,3-4,7,10,13,16-20H2,1-2H3,(H,24,25)/b6-5-,9-8-,12-11-,15-14-. The van der Waals surface area contributed by atoms with Gasteiger partial charge in [0.2, 0.25) is 0 Å². The molecule has 152 valence electrons. The van der Waals surface area contributed by atoms with E-state index in [9.17, 15) is 9.59 Å². The molecule has 27 heavy (non-hydrogen) atoms. The topological polar surface area (TPSA) is 63.6 Å². The lowest BCUT2D eigenvalue weighted by atomic mass is 10.1. The van der Waals surface area contributed by atoms with Crippen molar-refractivity contribution in [2.45, 2.75) is 84.2 Å². The summed E-state index contributed by atoms with van der Waals surface area (Å²) in [6.45, 7) is 3.96. The predicted molar refractivity (Wildman–Crippen MR) is 112 cm³/mol. The summed E-state index contributed by atoms with van der Waals surface area (Å²) in [6, 6.07) is 0. The molecule has 0 rings (SSSR count). The van der Waals surface area contributed by atoms with E-state index in [2.05, 4.69) is 55.5 Å². The molecule has 0 aliphatic heterocycles.